The number of halogens is 2. The number of hydrogen-bond acceptors (Lipinski definition) is 4. The Morgan fingerprint density at radius 1 is 1.19 bits per heavy atom. The fourth-order valence-corrected chi connectivity index (χ4v) is 2.67. The monoisotopic (exact) mass is 397 g/mol. The van der Waals surface area contributed by atoms with Gasteiger partial charge in [0.05, 0.1) is 6.61 Å². The summed E-state index contributed by atoms with van der Waals surface area (Å²) in [6.07, 6.45) is 0. The van der Waals surface area contributed by atoms with E-state index in [1.54, 1.807) is 25.1 Å². The van der Waals surface area contributed by atoms with Crippen molar-refractivity contribution < 1.29 is 19.4 Å². The SMILES string of the molecule is CCOc1cc(CNC(C)C(=O)O)c(Cl)cc1OCc1cccc(Cl)c1. The lowest BCUT2D eigenvalue weighted by molar-refractivity contribution is -0.139. The van der Waals surface area contributed by atoms with Crippen molar-refractivity contribution in [1.82, 2.24) is 5.32 Å². The molecule has 0 aliphatic heterocycles. The normalized spacial score (nSPS) is 11.8. The van der Waals surface area contributed by atoms with E-state index in [2.05, 4.69) is 5.32 Å². The van der Waals surface area contributed by atoms with Gasteiger partial charge in [0.2, 0.25) is 0 Å². The van der Waals surface area contributed by atoms with Gasteiger partial charge in [-0.1, -0.05) is 35.3 Å². The first-order chi connectivity index (χ1) is 12.4. The van der Waals surface area contributed by atoms with E-state index < -0.39 is 12.0 Å². The molecule has 0 saturated heterocycles. The zero-order chi connectivity index (χ0) is 19.1. The number of rotatable bonds is 9. The molecule has 0 heterocycles. The van der Waals surface area contributed by atoms with Crippen LogP contribution < -0.4 is 14.8 Å². The number of benzene rings is 2. The Hall–Kier alpha value is -1.95. The first kappa shape index (κ1) is 20.4. The van der Waals surface area contributed by atoms with Gasteiger partial charge in [-0.2, -0.15) is 0 Å². The molecule has 2 aromatic rings. The van der Waals surface area contributed by atoms with Crippen LogP contribution in [0.1, 0.15) is 25.0 Å². The molecular weight excluding hydrogens is 377 g/mol. The second-order valence-electron chi connectivity index (χ2n) is 5.68. The van der Waals surface area contributed by atoms with Crippen molar-refractivity contribution in [1.29, 1.82) is 0 Å². The summed E-state index contributed by atoms with van der Waals surface area (Å²) >= 11 is 12.3. The summed E-state index contributed by atoms with van der Waals surface area (Å²) in [5.74, 6) is 0.151. The van der Waals surface area contributed by atoms with E-state index in [1.165, 1.54) is 0 Å². The van der Waals surface area contributed by atoms with Crippen molar-refractivity contribution in [3.05, 3.63) is 57.6 Å². The van der Waals surface area contributed by atoms with Crippen LogP contribution in [0.15, 0.2) is 36.4 Å². The van der Waals surface area contributed by atoms with Crippen LogP contribution in [0, 0.1) is 0 Å². The van der Waals surface area contributed by atoms with Gasteiger partial charge >= 0.3 is 5.97 Å². The van der Waals surface area contributed by atoms with Gasteiger partial charge in [0.25, 0.3) is 0 Å². The maximum absolute atomic E-state index is 10.9. The second kappa shape index (κ2) is 9.67. The molecule has 0 amide bonds. The summed E-state index contributed by atoms with van der Waals surface area (Å²) in [5, 5.41) is 13.0. The Balaban J connectivity index is 2.15. The third kappa shape index (κ3) is 5.80. The topological polar surface area (TPSA) is 67.8 Å². The number of carbonyl (C=O) groups is 1. The zero-order valence-corrected chi connectivity index (χ0v) is 16.1. The van der Waals surface area contributed by atoms with Gasteiger partial charge in [-0.3, -0.25) is 4.79 Å². The Morgan fingerprint density at radius 2 is 1.92 bits per heavy atom. The lowest BCUT2D eigenvalue weighted by atomic mass is 10.1. The Bertz CT molecular complexity index is 767. The van der Waals surface area contributed by atoms with Crippen LogP contribution in [0.3, 0.4) is 0 Å². The summed E-state index contributed by atoms with van der Waals surface area (Å²) in [5.41, 5.74) is 1.66. The van der Waals surface area contributed by atoms with Crippen molar-refractivity contribution in [2.75, 3.05) is 6.61 Å². The minimum absolute atomic E-state index is 0.306. The molecule has 140 valence electrons. The van der Waals surface area contributed by atoms with Crippen LogP contribution in [0.25, 0.3) is 0 Å². The van der Waals surface area contributed by atoms with E-state index in [1.807, 2.05) is 25.1 Å². The van der Waals surface area contributed by atoms with E-state index >= 15 is 0 Å². The fourth-order valence-electron chi connectivity index (χ4n) is 2.23. The first-order valence-electron chi connectivity index (χ1n) is 8.19. The number of nitrogens with one attached hydrogen (secondary N) is 1. The fraction of sp³-hybridized carbons (Fsp3) is 0.316. The van der Waals surface area contributed by atoms with E-state index in [-0.39, 0.29) is 0 Å². The van der Waals surface area contributed by atoms with Gasteiger partial charge in [0.1, 0.15) is 12.6 Å². The summed E-state index contributed by atoms with van der Waals surface area (Å²) in [6, 6.07) is 10.2. The highest BCUT2D eigenvalue weighted by atomic mass is 35.5. The van der Waals surface area contributed by atoms with Crippen LogP contribution in [0.5, 0.6) is 11.5 Å². The summed E-state index contributed by atoms with van der Waals surface area (Å²) < 4.78 is 11.5. The molecular formula is C19H21Cl2NO4. The zero-order valence-electron chi connectivity index (χ0n) is 14.6. The minimum Gasteiger partial charge on any atom is -0.490 e. The highest BCUT2D eigenvalue weighted by molar-refractivity contribution is 6.31. The van der Waals surface area contributed by atoms with Crippen molar-refractivity contribution in [3.8, 4) is 11.5 Å². The smallest absolute Gasteiger partial charge is 0.320 e. The van der Waals surface area contributed by atoms with Gasteiger partial charge in [-0.15, -0.1) is 0 Å². The average Bonchev–Trinajstić information content (AvgIpc) is 2.60. The van der Waals surface area contributed by atoms with Crippen molar-refractivity contribution >= 4 is 29.2 Å². The molecule has 0 aliphatic rings. The van der Waals surface area contributed by atoms with Gasteiger partial charge in [0, 0.05) is 22.7 Å². The lowest BCUT2D eigenvalue weighted by Gasteiger charge is -2.16. The third-order valence-electron chi connectivity index (χ3n) is 3.67. The molecule has 2 aromatic carbocycles. The Kier molecular flexibility index (Phi) is 7.57. The molecule has 0 aliphatic carbocycles. The van der Waals surface area contributed by atoms with Gasteiger partial charge < -0.3 is 19.9 Å². The molecule has 0 radical (unpaired) electrons. The lowest BCUT2D eigenvalue weighted by Crippen LogP contribution is -2.33. The molecule has 7 heteroatoms. The van der Waals surface area contributed by atoms with Crippen LogP contribution in [-0.2, 0) is 17.9 Å². The average molecular weight is 398 g/mol. The molecule has 0 aromatic heterocycles. The molecule has 2 N–H and O–H groups in total. The molecule has 1 unspecified atom stereocenters. The van der Waals surface area contributed by atoms with Crippen LogP contribution in [0.4, 0.5) is 0 Å². The molecule has 5 nitrogen and oxygen atoms in total. The van der Waals surface area contributed by atoms with E-state index in [0.717, 1.165) is 11.1 Å². The highest BCUT2D eigenvalue weighted by Crippen LogP contribution is 2.34. The van der Waals surface area contributed by atoms with E-state index in [9.17, 15) is 4.79 Å². The number of carboxylic acids is 1. The number of aliphatic carboxylic acids is 1. The molecule has 1 atom stereocenters. The summed E-state index contributed by atoms with van der Waals surface area (Å²) in [7, 11) is 0. The predicted molar refractivity (Wildman–Crippen MR) is 102 cm³/mol. The van der Waals surface area contributed by atoms with Gasteiger partial charge in [-0.05, 0) is 43.2 Å². The van der Waals surface area contributed by atoms with Gasteiger partial charge in [0.15, 0.2) is 11.5 Å². The summed E-state index contributed by atoms with van der Waals surface area (Å²) in [6.45, 7) is 4.54. The molecule has 0 saturated carbocycles. The molecule has 2 rings (SSSR count). The molecule has 0 bridgehead atoms. The number of ether oxygens (including phenoxy) is 2. The van der Waals surface area contributed by atoms with Crippen molar-refractivity contribution in [2.24, 2.45) is 0 Å². The van der Waals surface area contributed by atoms with E-state index in [0.29, 0.717) is 41.3 Å². The Morgan fingerprint density at radius 3 is 2.58 bits per heavy atom. The maximum Gasteiger partial charge on any atom is 0.320 e. The van der Waals surface area contributed by atoms with Crippen LogP contribution in [-0.4, -0.2) is 23.7 Å². The predicted octanol–water partition coefficient (Wildman–Crippen LogP) is 4.53. The second-order valence-corrected chi connectivity index (χ2v) is 6.53. The van der Waals surface area contributed by atoms with Crippen molar-refractivity contribution in [2.45, 2.75) is 33.0 Å². The van der Waals surface area contributed by atoms with Crippen LogP contribution in [0.2, 0.25) is 10.0 Å². The molecule has 0 fully saturated rings. The highest BCUT2D eigenvalue weighted by Gasteiger charge is 2.14. The van der Waals surface area contributed by atoms with E-state index in [4.69, 9.17) is 37.8 Å². The minimum atomic E-state index is -0.923. The number of hydrogen-bond donors (Lipinski definition) is 2. The first-order valence-corrected chi connectivity index (χ1v) is 8.95. The summed E-state index contributed by atoms with van der Waals surface area (Å²) in [4.78, 5) is 10.9. The van der Waals surface area contributed by atoms with Crippen LogP contribution >= 0.6 is 23.2 Å². The molecule has 26 heavy (non-hydrogen) atoms. The largest absolute Gasteiger partial charge is 0.490 e. The Labute approximate surface area is 162 Å². The molecule has 0 spiro atoms. The standard InChI is InChI=1S/C19H21Cl2NO4/c1-3-25-17-8-14(10-22-12(2)19(23)24)16(21)9-18(17)26-11-13-5-4-6-15(20)7-13/h4-9,12,22H,3,10-11H2,1-2H3,(H,23,24). The maximum atomic E-state index is 10.9. The number of carboxylic acid groups (broad SMARTS) is 1. The van der Waals surface area contributed by atoms with Gasteiger partial charge in [-0.25, -0.2) is 0 Å². The quantitative estimate of drug-likeness (QED) is 0.650. The van der Waals surface area contributed by atoms with Crippen molar-refractivity contribution in [3.63, 3.8) is 0 Å². The third-order valence-corrected chi connectivity index (χ3v) is 4.25.